The number of hydrogen-bond acceptors (Lipinski definition) is 4. The van der Waals surface area contributed by atoms with Crippen LogP contribution in [0.4, 0.5) is 11.4 Å². The fraction of sp³-hybridized carbons (Fsp3) is 0.222. The zero-order valence-electron chi connectivity index (χ0n) is 12.3. The third-order valence-corrected chi connectivity index (χ3v) is 5.36. The molecule has 1 unspecified atom stereocenters. The first-order chi connectivity index (χ1) is 10.7. The standard InChI is InChI=1S/C18H16N2OS/c1-11-6-7-18(22-11)12-8-16-13(17(21)9-12)10-19-14-4-2-3-5-15(14)20-16/h2-7,10,12,20H,8-9H2,1H3. The van der Waals surface area contributed by atoms with Gasteiger partial charge in [-0.2, -0.15) is 0 Å². The lowest BCUT2D eigenvalue weighted by atomic mass is 9.85. The number of rotatable bonds is 1. The highest BCUT2D eigenvalue weighted by Crippen LogP contribution is 2.39. The number of ketones is 1. The molecule has 1 N–H and O–H groups in total. The van der Waals surface area contributed by atoms with E-state index in [0.717, 1.165) is 29.1 Å². The van der Waals surface area contributed by atoms with E-state index in [-0.39, 0.29) is 11.7 Å². The van der Waals surface area contributed by atoms with Crippen LogP contribution < -0.4 is 5.32 Å². The van der Waals surface area contributed by atoms with E-state index in [2.05, 4.69) is 29.4 Å². The second kappa shape index (κ2) is 5.21. The lowest BCUT2D eigenvalue weighted by molar-refractivity contribution is -0.115. The molecule has 0 radical (unpaired) electrons. The van der Waals surface area contributed by atoms with Crippen LogP contribution >= 0.6 is 11.3 Å². The second-order valence-electron chi connectivity index (χ2n) is 5.77. The molecule has 1 aromatic carbocycles. The lowest BCUT2D eigenvalue weighted by Gasteiger charge is -2.24. The topological polar surface area (TPSA) is 41.5 Å². The Bertz CT molecular complexity index is 816. The van der Waals surface area contributed by atoms with Crippen molar-refractivity contribution in [3.05, 3.63) is 57.4 Å². The number of carbonyl (C=O) groups is 1. The Morgan fingerprint density at radius 3 is 2.86 bits per heavy atom. The molecule has 0 saturated heterocycles. The van der Waals surface area contributed by atoms with Crippen molar-refractivity contribution in [1.29, 1.82) is 0 Å². The number of fused-ring (bicyclic) bond motifs is 1. The lowest BCUT2D eigenvalue weighted by Crippen LogP contribution is -2.21. The predicted molar refractivity (Wildman–Crippen MR) is 91.3 cm³/mol. The highest BCUT2D eigenvalue weighted by molar-refractivity contribution is 7.12. The van der Waals surface area contributed by atoms with Crippen molar-refractivity contribution in [2.75, 3.05) is 5.32 Å². The number of thiophene rings is 1. The number of hydrogen-bond donors (Lipinski definition) is 1. The second-order valence-corrected chi connectivity index (χ2v) is 7.09. The number of aliphatic imine (C=N–C) groups is 1. The fourth-order valence-corrected chi connectivity index (χ4v) is 4.04. The zero-order chi connectivity index (χ0) is 15.1. The van der Waals surface area contributed by atoms with Gasteiger partial charge in [0, 0.05) is 34.0 Å². The number of nitrogens with one attached hydrogen (secondary N) is 1. The maximum absolute atomic E-state index is 12.5. The molecule has 3 nitrogen and oxygen atoms in total. The van der Waals surface area contributed by atoms with E-state index < -0.39 is 0 Å². The molecule has 0 saturated carbocycles. The molecule has 2 heterocycles. The molecule has 22 heavy (non-hydrogen) atoms. The average Bonchev–Trinajstić information content (AvgIpc) is 2.85. The molecule has 4 heteroatoms. The molecule has 0 bridgehead atoms. The van der Waals surface area contributed by atoms with Gasteiger partial charge < -0.3 is 5.32 Å². The molecule has 1 aromatic heterocycles. The van der Waals surface area contributed by atoms with Crippen molar-refractivity contribution in [2.24, 2.45) is 4.99 Å². The van der Waals surface area contributed by atoms with Gasteiger partial charge in [-0.3, -0.25) is 9.79 Å². The van der Waals surface area contributed by atoms with Crippen LogP contribution in [0.25, 0.3) is 0 Å². The van der Waals surface area contributed by atoms with E-state index in [1.807, 2.05) is 24.3 Å². The molecule has 1 aliphatic heterocycles. The fourth-order valence-electron chi connectivity index (χ4n) is 3.06. The minimum Gasteiger partial charge on any atom is -0.356 e. The Balaban J connectivity index is 1.71. The van der Waals surface area contributed by atoms with Crippen molar-refractivity contribution in [3.8, 4) is 0 Å². The van der Waals surface area contributed by atoms with E-state index in [4.69, 9.17) is 0 Å². The summed E-state index contributed by atoms with van der Waals surface area (Å²) in [6, 6.07) is 12.2. The van der Waals surface area contributed by atoms with E-state index in [1.165, 1.54) is 9.75 Å². The van der Waals surface area contributed by atoms with Crippen LogP contribution in [-0.4, -0.2) is 12.0 Å². The molecule has 110 valence electrons. The third kappa shape index (κ3) is 2.29. The molecule has 4 rings (SSSR count). The molecular formula is C18H16N2OS. The van der Waals surface area contributed by atoms with E-state index in [0.29, 0.717) is 6.42 Å². The van der Waals surface area contributed by atoms with Crippen LogP contribution in [0.15, 0.2) is 52.7 Å². The van der Waals surface area contributed by atoms with E-state index in [1.54, 1.807) is 17.6 Å². The van der Waals surface area contributed by atoms with Crippen molar-refractivity contribution in [1.82, 2.24) is 0 Å². The maximum Gasteiger partial charge on any atom is 0.166 e. The molecule has 1 aliphatic carbocycles. The van der Waals surface area contributed by atoms with Crippen molar-refractivity contribution < 1.29 is 4.79 Å². The summed E-state index contributed by atoms with van der Waals surface area (Å²) in [4.78, 5) is 19.6. The monoisotopic (exact) mass is 308 g/mol. The van der Waals surface area contributed by atoms with E-state index in [9.17, 15) is 4.79 Å². The van der Waals surface area contributed by atoms with Gasteiger partial charge in [-0.25, -0.2) is 0 Å². The summed E-state index contributed by atoms with van der Waals surface area (Å²) in [5, 5.41) is 3.44. The third-order valence-electron chi connectivity index (χ3n) is 4.19. The summed E-state index contributed by atoms with van der Waals surface area (Å²) in [6.07, 6.45) is 3.16. The van der Waals surface area contributed by atoms with Gasteiger partial charge in [0.1, 0.15) is 0 Å². The number of benzene rings is 1. The molecule has 2 aromatic rings. The molecule has 1 atom stereocenters. The van der Waals surface area contributed by atoms with Gasteiger partial charge in [-0.1, -0.05) is 12.1 Å². The molecular weight excluding hydrogens is 292 g/mol. The Morgan fingerprint density at radius 1 is 1.18 bits per heavy atom. The number of nitrogens with zero attached hydrogens (tertiary/aromatic N) is 1. The van der Waals surface area contributed by atoms with Gasteiger partial charge in [0.2, 0.25) is 0 Å². The Labute approximate surface area is 133 Å². The molecule has 2 aliphatic rings. The Kier molecular flexibility index (Phi) is 3.19. The van der Waals surface area contributed by atoms with Crippen LogP contribution in [0.3, 0.4) is 0 Å². The Morgan fingerprint density at radius 2 is 2.05 bits per heavy atom. The average molecular weight is 308 g/mol. The number of allylic oxidation sites excluding steroid dienone is 2. The normalized spacial score (nSPS) is 20.2. The van der Waals surface area contributed by atoms with Gasteiger partial charge in [0.15, 0.2) is 5.78 Å². The van der Waals surface area contributed by atoms with Gasteiger partial charge in [-0.15, -0.1) is 11.3 Å². The Hall–Kier alpha value is -2.20. The van der Waals surface area contributed by atoms with Crippen molar-refractivity contribution in [2.45, 2.75) is 25.7 Å². The summed E-state index contributed by atoms with van der Waals surface area (Å²) in [7, 11) is 0. The molecule has 0 fully saturated rings. The van der Waals surface area contributed by atoms with Gasteiger partial charge in [0.05, 0.1) is 16.9 Å². The van der Waals surface area contributed by atoms with Crippen LogP contribution in [0, 0.1) is 6.92 Å². The maximum atomic E-state index is 12.5. The first-order valence-corrected chi connectivity index (χ1v) is 8.25. The highest BCUT2D eigenvalue weighted by atomic mass is 32.1. The summed E-state index contributed by atoms with van der Waals surface area (Å²) < 4.78 is 0. The number of aryl methyl sites for hydroxylation is 1. The smallest absolute Gasteiger partial charge is 0.166 e. The highest BCUT2D eigenvalue weighted by Gasteiger charge is 2.29. The van der Waals surface area contributed by atoms with E-state index >= 15 is 0 Å². The first kappa shape index (κ1) is 13.5. The largest absolute Gasteiger partial charge is 0.356 e. The van der Waals surface area contributed by atoms with Gasteiger partial charge >= 0.3 is 0 Å². The summed E-state index contributed by atoms with van der Waals surface area (Å²) in [5.74, 6) is 0.456. The summed E-state index contributed by atoms with van der Waals surface area (Å²) >= 11 is 1.79. The number of carbonyl (C=O) groups excluding carboxylic acids is 1. The summed E-state index contributed by atoms with van der Waals surface area (Å²) in [6.45, 7) is 2.11. The quantitative estimate of drug-likeness (QED) is 0.837. The molecule has 0 amide bonds. The van der Waals surface area contributed by atoms with Crippen LogP contribution in [0.2, 0.25) is 0 Å². The van der Waals surface area contributed by atoms with Crippen molar-refractivity contribution in [3.63, 3.8) is 0 Å². The minimum absolute atomic E-state index is 0.182. The van der Waals surface area contributed by atoms with Crippen molar-refractivity contribution >= 4 is 34.7 Å². The SMILES string of the molecule is Cc1ccc(C2CC(=O)C3=C(C2)Nc2ccccc2N=C3)s1. The predicted octanol–water partition coefficient (Wildman–Crippen LogP) is 4.59. The van der Waals surface area contributed by atoms with Crippen LogP contribution in [-0.2, 0) is 4.79 Å². The number of para-hydroxylation sites is 2. The molecule has 0 spiro atoms. The zero-order valence-corrected chi connectivity index (χ0v) is 13.1. The van der Waals surface area contributed by atoms with Crippen LogP contribution in [0.1, 0.15) is 28.5 Å². The van der Waals surface area contributed by atoms with Crippen LogP contribution in [0.5, 0.6) is 0 Å². The first-order valence-electron chi connectivity index (χ1n) is 7.43. The van der Waals surface area contributed by atoms with Gasteiger partial charge in [-0.05, 0) is 37.6 Å². The number of Topliss-reactive ketones (excluding diaryl/α,β-unsaturated/α-hetero) is 1. The number of anilines is 1. The summed E-state index contributed by atoms with van der Waals surface area (Å²) in [5.41, 5.74) is 3.59. The minimum atomic E-state index is 0.182. The van der Waals surface area contributed by atoms with Gasteiger partial charge in [0.25, 0.3) is 0 Å².